The van der Waals surface area contributed by atoms with Gasteiger partial charge < -0.3 is 20.1 Å². The van der Waals surface area contributed by atoms with Crippen LogP contribution < -0.4 is 15.4 Å². The van der Waals surface area contributed by atoms with Gasteiger partial charge in [-0.15, -0.1) is 0 Å². The van der Waals surface area contributed by atoms with Crippen LogP contribution >= 0.6 is 15.9 Å². The number of amides is 2. The van der Waals surface area contributed by atoms with Gasteiger partial charge in [0, 0.05) is 29.1 Å². The molecular weight excluding hydrogens is 360 g/mol. The van der Waals surface area contributed by atoms with E-state index in [2.05, 4.69) is 40.4 Å². The van der Waals surface area contributed by atoms with E-state index in [1.807, 2.05) is 25.1 Å². The number of halogens is 1. The highest BCUT2D eigenvalue weighted by Gasteiger charge is 2.35. The number of hydrogen-bond donors (Lipinski definition) is 2. The fourth-order valence-electron chi connectivity index (χ4n) is 2.86. The predicted molar refractivity (Wildman–Crippen MR) is 93.8 cm³/mol. The lowest BCUT2D eigenvalue weighted by atomic mass is 9.91. The molecule has 0 spiro atoms. The second kappa shape index (κ2) is 7.53. The van der Waals surface area contributed by atoms with E-state index in [9.17, 15) is 4.79 Å². The summed E-state index contributed by atoms with van der Waals surface area (Å²) in [6.07, 6.45) is 0.976. The Morgan fingerprint density at radius 2 is 2.26 bits per heavy atom. The van der Waals surface area contributed by atoms with Crippen molar-refractivity contribution in [2.45, 2.75) is 38.8 Å². The third kappa shape index (κ3) is 4.61. The molecule has 1 aliphatic rings. The Morgan fingerprint density at radius 3 is 2.87 bits per heavy atom. The van der Waals surface area contributed by atoms with Gasteiger partial charge in [0.1, 0.15) is 5.75 Å². The van der Waals surface area contributed by atoms with Crippen LogP contribution in [0.25, 0.3) is 0 Å². The normalized spacial score (nSPS) is 20.8. The van der Waals surface area contributed by atoms with Crippen molar-refractivity contribution in [2.75, 3.05) is 20.3 Å². The molecule has 2 rings (SSSR count). The molecule has 1 heterocycles. The molecule has 128 valence electrons. The maximum Gasteiger partial charge on any atom is 0.315 e. The van der Waals surface area contributed by atoms with Crippen LogP contribution in [0.3, 0.4) is 0 Å². The number of ether oxygens (including phenoxy) is 2. The number of carbonyl (C=O) groups excluding carboxylic acids is 1. The summed E-state index contributed by atoms with van der Waals surface area (Å²) in [4.78, 5) is 12.1. The van der Waals surface area contributed by atoms with E-state index < -0.39 is 0 Å². The first kappa shape index (κ1) is 18.1. The van der Waals surface area contributed by atoms with Crippen molar-refractivity contribution in [1.29, 1.82) is 0 Å². The number of rotatable bonds is 5. The monoisotopic (exact) mass is 384 g/mol. The number of urea groups is 1. The molecule has 2 N–H and O–H groups in total. The first-order chi connectivity index (χ1) is 10.8. The Morgan fingerprint density at radius 1 is 1.52 bits per heavy atom. The number of nitrogens with one attached hydrogen (secondary N) is 2. The number of benzene rings is 1. The Bertz CT molecular complexity index is 563. The Kier molecular flexibility index (Phi) is 5.92. The molecule has 1 aliphatic heterocycles. The Balaban J connectivity index is 1.90. The SMILES string of the molecule is COc1cc(Br)ccc1C(C)NC(=O)NCC1CCOC1(C)C. The molecule has 0 radical (unpaired) electrons. The van der Waals surface area contributed by atoms with E-state index in [-0.39, 0.29) is 17.7 Å². The van der Waals surface area contributed by atoms with Crippen LogP contribution in [0.1, 0.15) is 38.8 Å². The van der Waals surface area contributed by atoms with E-state index in [4.69, 9.17) is 9.47 Å². The van der Waals surface area contributed by atoms with Crippen LogP contribution in [0.5, 0.6) is 5.75 Å². The Labute approximate surface area is 146 Å². The zero-order chi connectivity index (χ0) is 17.0. The molecule has 2 unspecified atom stereocenters. The maximum absolute atomic E-state index is 12.1. The first-order valence-electron chi connectivity index (χ1n) is 7.85. The van der Waals surface area contributed by atoms with E-state index in [1.165, 1.54) is 0 Å². The minimum atomic E-state index is -0.176. The molecule has 2 atom stereocenters. The van der Waals surface area contributed by atoms with Crippen molar-refractivity contribution < 1.29 is 14.3 Å². The molecule has 23 heavy (non-hydrogen) atoms. The molecule has 1 aromatic carbocycles. The van der Waals surface area contributed by atoms with Crippen molar-refractivity contribution in [3.63, 3.8) is 0 Å². The average Bonchev–Trinajstić information content (AvgIpc) is 2.83. The van der Waals surface area contributed by atoms with Crippen LogP contribution in [0, 0.1) is 5.92 Å². The lowest BCUT2D eigenvalue weighted by Crippen LogP contribution is -2.43. The smallest absolute Gasteiger partial charge is 0.315 e. The van der Waals surface area contributed by atoms with Gasteiger partial charge >= 0.3 is 6.03 Å². The number of hydrogen-bond acceptors (Lipinski definition) is 3. The molecule has 5 nitrogen and oxygen atoms in total. The summed E-state index contributed by atoms with van der Waals surface area (Å²) in [5.41, 5.74) is 0.767. The summed E-state index contributed by atoms with van der Waals surface area (Å²) in [5.74, 6) is 1.09. The molecule has 1 saturated heterocycles. The quantitative estimate of drug-likeness (QED) is 0.814. The van der Waals surface area contributed by atoms with Gasteiger partial charge in [-0.05, 0) is 39.3 Å². The van der Waals surface area contributed by atoms with Gasteiger partial charge in [0.2, 0.25) is 0 Å². The summed E-state index contributed by atoms with van der Waals surface area (Å²) in [6.45, 7) is 7.45. The fraction of sp³-hybridized carbons (Fsp3) is 0.588. The van der Waals surface area contributed by atoms with Gasteiger partial charge in [0.15, 0.2) is 0 Å². The second-order valence-corrected chi connectivity index (χ2v) is 7.32. The summed E-state index contributed by atoms with van der Waals surface area (Å²) in [5, 5.41) is 5.91. The summed E-state index contributed by atoms with van der Waals surface area (Å²) in [6, 6.07) is 5.45. The molecule has 1 aromatic rings. The van der Waals surface area contributed by atoms with Crippen LogP contribution in [-0.4, -0.2) is 31.9 Å². The minimum Gasteiger partial charge on any atom is -0.496 e. The highest BCUT2D eigenvalue weighted by molar-refractivity contribution is 9.10. The summed E-state index contributed by atoms with van der Waals surface area (Å²) in [7, 11) is 1.63. The third-order valence-corrected chi connectivity index (χ3v) is 4.94. The van der Waals surface area contributed by atoms with Gasteiger partial charge in [0.05, 0.1) is 18.8 Å². The molecule has 0 bridgehead atoms. The van der Waals surface area contributed by atoms with Gasteiger partial charge in [-0.25, -0.2) is 4.79 Å². The van der Waals surface area contributed by atoms with E-state index in [1.54, 1.807) is 7.11 Å². The molecule has 0 saturated carbocycles. The zero-order valence-electron chi connectivity index (χ0n) is 14.1. The Hall–Kier alpha value is -1.27. The largest absolute Gasteiger partial charge is 0.496 e. The molecule has 6 heteroatoms. The highest BCUT2D eigenvalue weighted by Crippen LogP contribution is 2.31. The van der Waals surface area contributed by atoms with Gasteiger partial charge in [-0.1, -0.05) is 22.0 Å². The van der Waals surface area contributed by atoms with Crippen molar-refractivity contribution in [1.82, 2.24) is 10.6 Å². The van der Waals surface area contributed by atoms with E-state index in [0.717, 1.165) is 28.8 Å². The lowest BCUT2D eigenvalue weighted by Gasteiger charge is -2.26. The standard InChI is InChI=1S/C17H25BrN2O3/c1-11(14-6-5-13(18)9-15(14)22-4)20-16(21)19-10-12-7-8-23-17(12,2)3/h5-6,9,11-12H,7-8,10H2,1-4H3,(H2,19,20,21). The third-order valence-electron chi connectivity index (χ3n) is 4.44. The minimum absolute atomic E-state index is 0.147. The predicted octanol–water partition coefficient (Wildman–Crippen LogP) is 3.63. The van der Waals surface area contributed by atoms with Crippen LogP contribution in [-0.2, 0) is 4.74 Å². The number of methoxy groups -OCH3 is 1. The zero-order valence-corrected chi connectivity index (χ0v) is 15.7. The maximum atomic E-state index is 12.1. The van der Waals surface area contributed by atoms with Gasteiger partial charge in [0.25, 0.3) is 0 Å². The van der Waals surface area contributed by atoms with Crippen LogP contribution in [0.15, 0.2) is 22.7 Å². The van der Waals surface area contributed by atoms with Crippen molar-refractivity contribution in [2.24, 2.45) is 5.92 Å². The number of carbonyl (C=O) groups is 1. The fourth-order valence-corrected chi connectivity index (χ4v) is 3.20. The van der Waals surface area contributed by atoms with Crippen LogP contribution in [0.2, 0.25) is 0 Å². The summed E-state index contributed by atoms with van der Waals surface area (Å²) < 4.78 is 12.0. The highest BCUT2D eigenvalue weighted by atomic mass is 79.9. The second-order valence-electron chi connectivity index (χ2n) is 6.40. The van der Waals surface area contributed by atoms with Crippen molar-refractivity contribution >= 4 is 22.0 Å². The van der Waals surface area contributed by atoms with E-state index in [0.29, 0.717) is 12.5 Å². The van der Waals surface area contributed by atoms with Crippen molar-refractivity contribution in [3.8, 4) is 5.75 Å². The summed E-state index contributed by atoms with van der Waals surface area (Å²) >= 11 is 3.42. The molecule has 1 fully saturated rings. The molecule has 2 amide bonds. The average molecular weight is 385 g/mol. The lowest BCUT2D eigenvalue weighted by molar-refractivity contribution is 0.0120. The van der Waals surface area contributed by atoms with Crippen molar-refractivity contribution in [3.05, 3.63) is 28.2 Å². The van der Waals surface area contributed by atoms with Crippen LogP contribution in [0.4, 0.5) is 4.79 Å². The topological polar surface area (TPSA) is 59.6 Å². The first-order valence-corrected chi connectivity index (χ1v) is 8.64. The molecular formula is C17H25BrN2O3. The van der Waals surface area contributed by atoms with Gasteiger partial charge in [-0.3, -0.25) is 0 Å². The molecule has 0 aromatic heterocycles. The molecule has 0 aliphatic carbocycles. The van der Waals surface area contributed by atoms with Gasteiger partial charge in [-0.2, -0.15) is 0 Å². The van der Waals surface area contributed by atoms with E-state index >= 15 is 0 Å².